The van der Waals surface area contributed by atoms with Crippen molar-refractivity contribution in [3.63, 3.8) is 0 Å². The molecule has 0 fully saturated rings. The maximum Gasteiger partial charge on any atom is 0.261 e. The molecule has 0 aromatic heterocycles. The molecule has 3 nitrogen and oxygen atoms in total. The Labute approximate surface area is 116 Å². The summed E-state index contributed by atoms with van der Waals surface area (Å²) < 4.78 is 5.86. The summed E-state index contributed by atoms with van der Waals surface area (Å²) in [5.41, 5.74) is 2.28. The van der Waals surface area contributed by atoms with Crippen molar-refractivity contribution in [1.29, 1.82) is 0 Å². The quantitative estimate of drug-likeness (QED) is 0.766. The third kappa shape index (κ3) is 4.58. The van der Waals surface area contributed by atoms with Crippen molar-refractivity contribution in [1.82, 2.24) is 5.32 Å². The molecule has 1 N–H and O–H groups in total. The average molecular weight is 263 g/mol. The van der Waals surface area contributed by atoms with Gasteiger partial charge in [0, 0.05) is 6.54 Å². The van der Waals surface area contributed by atoms with E-state index in [0.29, 0.717) is 6.42 Å². The molecule has 0 saturated carbocycles. The standard InChI is InChI=1S/C16H25NO2/c1-5-7-11-17-16(18)14(6-2)19-15-10-8-9-12(3)13(15)4/h8-10,14H,5-7,11H2,1-4H3,(H,17,18)/t14-/m1/s1. The van der Waals surface area contributed by atoms with Crippen LogP contribution in [0.2, 0.25) is 0 Å². The summed E-state index contributed by atoms with van der Waals surface area (Å²) in [6, 6.07) is 5.92. The van der Waals surface area contributed by atoms with Crippen molar-refractivity contribution in [3.8, 4) is 5.75 Å². The molecule has 0 spiro atoms. The lowest BCUT2D eigenvalue weighted by Gasteiger charge is -2.19. The van der Waals surface area contributed by atoms with Gasteiger partial charge < -0.3 is 10.1 Å². The summed E-state index contributed by atoms with van der Waals surface area (Å²) in [6.07, 6.45) is 2.35. The highest BCUT2D eigenvalue weighted by molar-refractivity contribution is 5.81. The molecule has 19 heavy (non-hydrogen) atoms. The smallest absolute Gasteiger partial charge is 0.261 e. The Morgan fingerprint density at radius 3 is 2.68 bits per heavy atom. The highest BCUT2D eigenvalue weighted by Crippen LogP contribution is 2.22. The van der Waals surface area contributed by atoms with E-state index in [1.807, 2.05) is 39.0 Å². The average Bonchev–Trinajstić information content (AvgIpc) is 2.40. The number of hydrogen-bond acceptors (Lipinski definition) is 2. The topological polar surface area (TPSA) is 38.3 Å². The molecule has 3 heteroatoms. The van der Waals surface area contributed by atoms with E-state index < -0.39 is 6.10 Å². The highest BCUT2D eigenvalue weighted by Gasteiger charge is 2.18. The normalized spacial score (nSPS) is 12.0. The van der Waals surface area contributed by atoms with Crippen LogP contribution in [0.3, 0.4) is 0 Å². The van der Waals surface area contributed by atoms with E-state index in [1.54, 1.807) is 0 Å². The first-order valence-corrected chi connectivity index (χ1v) is 7.10. The molecule has 1 amide bonds. The van der Waals surface area contributed by atoms with Crippen LogP contribution in [0.4, 0.5) is 0 Å². The second-order valence-corrected chi connectivity index (χ2v) is 4.86. The molecule has 1 rings (SSSR count). The van der Waals surface area contributed by atoms with Gasteiger partial charge in [-0.05, 0) is 43.9 Å². The second-order valence-electron chi connectivity index (χ2n) is 4.86. The molecule has 106 valence electrons. The number of benzene rings is 1. The van der Waals surface area contributed by atoms with Gasteiger partial charge in [0.05, 0.1) is 0 Å². The van der Waals surface area contributed by atoms with Crippen molar-refractivity contribution in [3.05, 3.63) is 29.3 Å². The number of hydrogen-bond donors (Lipinski definition) is 1. The molecule has 1 aromatic carbocycles. The van der Waals surface area contributed by atoms with Crippen molar-refractivity contribution in [2.24, 2.45) is 0 Å². The van der Waals surface area contributed by atoms with Crippen LogP contribution in [0.25, 0.3) is 0 Å². The van der Waals surface area contributed by atoms with Gasteiger partial charge in [0.25, 0.3) is 5.91 Å². The van der Waals surface area contributed by atoms with Crippen molar-refractivity contribution in [2.75, 3.05) is 6.54 Å². The Hall–Kier alpha value is -1.51. The van der Waals surface area contributed by atoms with E-state index >= 15 is 0 Å². The third-order valence-electron chi connectivity index (χ3n) is 3.32. The minimum Gasteiger partial charge on any atom is -0.480 e. The van der Waals surface area contributed by atoms with Gasteiger partial charge in [-0.3, -0.25) is 4.79 Å². The summed E-state index contributed by atoms with van der Waals surface area (Å²) in [5.74, 6) is 0.786. The largest absolute Gasteiger partial charge is 0.480 e. The van der Waals surface area contributed by atoms with Crippen LogP contribution in [-0.2, 0) is 4.79 Å². The zero-order valence-corrected chi connectivity index (χ0v) is 12.5. The van der Waals surface area contributed by atoms with Crippen LogP contribution in [0.15, 0.2) is 18.2 Å². The minimum atomic E-state index is -0.405. The van der Waals surface area contributed by atoms with Crippen LogP contribution >= 0.6 is 0 Å². The number of amides is 1. The van der Waals surface area contributed by atoms with E-state index in [4.69, 9.17) is 4.74 Å². The van der Waals surface area contributed by atoms with Gasteiger partial charge >= 0.3 is 0 Å². The minimum absolute atomic E-state index is 0.0168. The summed E-state index contributed by atoms with van der Waals surface area (Å²) >= 11 is 0. The molecule has 1 atom stereocenters. The molecule has 1 aromatic rings. The number of nitrogens with one attached hydrogen (secondary N) is 1. The van der Waals surface area contributed by atoms with E-state index in [9.17, 15) is 4.79 Å². The van der Waals surface area contributed by atoms with Crippen LogP contribution in [0, 0.1) is 13.8 Å². The van der Waals surface area contributed by atoms with Gasteiger partial charge in [0.15, 0.2) is 6.10 Å². The van der Waals surface area contributed by atoms with Gasteiger partial charge in [-0.15, -0.1) is 0 Å². The Morgan fingerprint density at radius 1 is 1.32 bits per heavy atom. The van der Waals surface area contributed by atoms with Crippen LogP contribution in [-0.4, -0.2) is 18.6 Å². The van der Waals surface area contributed by atoms with Gasteiger partial charge in [-0.2, -0.15) is 0 Å². The van der Waals surface area contributed by atoms with E-state index in [2.05, 4.69) is 12.2 Å². The zero-order valence-electron chi connectivity index (χ0n) is 12.5. The summed E-state index contributed by atoms with van der Waals surface area (Å²) in [6.45, 7) is 8.87. The lowest BCUT2D eigenvalue weighted by atomic mass is 10.1. The molecular weight excluding hydrogens is 238 g/mol. The highest BCUT2D eigenvalue weighted by atomic mass is 16.5. The van der Waals surface area contributed by atoms with Crippen molar-refractivity contribution in [2.45, 2.75) is 53.1 Å². The predicted molar refractivity (Wildman–Crippen MR) is 78.5 cm³/mol. The molecule has 0 unspecified atom stereocenters. The number of ether oxygens (including phenoxy) is 1. The molecular formula is C16H25NO2. The molecule has 0 heterocycles. The van der Waals surface area contributed by atoms with Gasteiger partial charge in [0.1, 0.15) is 5.75 Å². The number of rotatable bonds is 7. The SMILES string of the molecule is CCCCNC(=O)[C@@H](CC)Oc1cccc(C)c1C. The predicted octanol–water partition coefficient (Wildman–Crippen LogP) is 3.38. The van der Waals surface area contributed by atoms with Gasteiger partial charge in [-0.25, -0.2) is 0 Å². The number of aryl methyl sites for hydroxylation is 1. The molecule has 0 radical (unpaired) electrons. The van der Waals surface area contributed by atoms with Crippen molar-refractivity contribution < 1.29 is 9.53 Å². The Bertz CT molecular complexity index is 415. The molecule has 0 aliphatic carbocycles. The first-order chi connectivity index (χ1) is 9.10. The van der Waals surface area contributed by atoms with Gasteiger partial charge in [0.2, 0.25) is 0 Å². The zero-order chi connectivity index (χ0) is 14.3. The first kappa shape index (κ1) is 15.5. The van der Waals surface area contributed by atoms with E-state index in [1.165, 1.54) is 5.56 Å². The van der Waals surface area contributed by atoms with Gasteiger partial charge in [-0.1, -0.05) is 32.4 Å². The first-order valence-electron chi connectivity index (χ1n) is 7.10. The summed E-state index contributed by atoms with van der Waals surface area (Å²) in [4.78, 5) is 12.0. The molecule has 0 aliphatic heterocycles. The summed E-state index contributed by atoms with van der Waals surface area (Å²) in [7, 11) is 0. The lowest BCUT2D eigenvalue weighted by molar-refractivity contribution is -0.128. The maximum atomic E-state index is 12.0. The second kappa shape index (κ2) is 7.82. The summed E-state index contributed by atoms with van der Waals surface area (Å²) in [5, 5.41) is 2.92. The monoisotopic (exact) mass is 263 g/mol. The number of carbonyl (C=O) groups is 1. The fraction of sp³-hybridized carbons (Fsp3) is 0.562. The van der Waals surface area contributed by atoms with Crippen LogP contribution < -0.4 is 10.1 Å². The van der Waals surface area contributed by atoms with E-state index in [-0.39, 0.29) is 5.91 Å². The Morgan fingerprint density at radius 2 is 2.05 bits per heavy atom. The molecule has 0 aliphatic rings. The third-order valence-corrected chi connectivity index (χ3v) is 3.32. The Kier molecular flexibility index (Phi) is 6.40. The number of unbranched alkanes of at least 4 members (excludes halogenated alkanes) is 1. The Balaban J connectivity index is 2.65. The maximum absolute atomic E-state index is 12.0. The lowest BCUT2D eigenvalue weighted by Crippen LogP contribution is -2.38. The molecule has 0 saturated heterocycles. The van der Waals surface area contributed by atoms with Crippen LogP contribution in [0.5, 0.6) is 5.75 Å². The van der Waals surface area contributed by atoms with E-state index in [0.717, 1.165) is 30.7 Å². The fourth-order valence-corrected chi connectivity index (χ4v) is 1.83. The van der Waals surface area contributed by atoms with Crippen LogP contribution in [0.1, 0.15) is 44.2 Å². The molecule has 0 bridgehead atoms. The number of carbonyl (C=O) groups excluding carboxylic acids is 1. The van der Waals surface area contributed by atoms with Crippen molar-refractivity contribution >= 4 is 5.91 Å². The fourth-order valence-electron chi connectivity index (χ4n) is 1.83.